The Labute approximate surface area is 159 Å². The second-order valence-corrected chi connectivity index (χ2v) is 6.65. The van der Waals surface area contributed by atoms with Crippen LogP contribution < -0.4 is 10.1 Å². The normalized spacial score (nSPS) is 16.0. The molecule has 6 nitrogen and oxygen atoms in total. The van der Waals surface area contributed by atoms with E-state index in [1.54, 1.807) is 12.0 Å². The molecule has 0 bridgehead atoms. The molecule has 2 amide bonds. The maximum absolute atomic E-state index is 12.7. The van der Waals surface area contributed by atoms with Gasteiger partial charge in [-0.15, -0.1) is 0 Å². The minimum absolute atomic E-state index is 0.187. The number of amides is 2. The fourth-order valence-corrected chi connectivity index (χ4v) is 3.24. The van der Waals surface area contributed by atoms with Crippen LogP contribution in [0, 0.1) is 0 Å². The number of piperidine rings is 1. The molecule has 0 unspecified atom stereocenters. The molecule has 2 N–H and O–H groups in total. The minimum Gasteiger partial charge on any atom is -0.489 e. The van der Waals surface area contributed by atoms with Crippen molar-refractivity contribution in [2.24, 2.45) is 0 Å². The van der Waals surface area contributed by atoms with Gasteiger partial charge in [-0.1, -0.05) is 42.5 Å². The average Bonchev–Trinajstić information content (AvgIpc) is 2.70. The van der Waals surface area contributed by atoms with Gasteiger partial charge < -0.3 is 24.8 Å². The summed E-state index contributed by atoms with van der Waals surface area (Å²) < 4.78 is 10.6. The number of methoxy groups -OCH3 is 1. The molecule has 2 aromatic carbocycles. The smallest absolute Gasteiger partial charge is 0.321 e. The first kappa shape index (κ1) is 19.2. The van der Waals surface area contributed by atoms with Crippen molar-refractivity contribution < 1.29 is 19.4 Å². The SMILES string of the molecule is COCCOc1ccccc1NC(=O)N1CCC(O)(c2ccccc2)CC1. The topological polar surface area (TPSA) is 71.0 Å². The molecule has 144 valence electrons. The van der Waals surface area contributed by atoms with Crippen LogP contribution in [0.2, 0.25) is 0 Å². The molecule has 0 aromatic heterocycles. The minimum atomic E-state index is -0.876. The van der Waals surface area contributed by atoms with Crippen molar-refractivity contribution >= 4 is 11.7 Å². The summed E-state index contributed by atoms with van der Waals surface area (Å²) in [6.45, 7) is 1.87. The van der Waals surface area contributed by atoms with Crippen LogP contribution in [0.4, 0.5) is 10.5 Å². The Hall–Kier alpha value is -2.57. The molecule has 1 heterocycles. The summed E-state index contributed by atoms with van der Waals surface area (Å²) in [5, 5.41) is 13.8. The number of nitrogens with zero attached hydrogens (tertiary/aromatic N) is 1. The third kappa shape index (κ3) is 4.78. The second kappa shape index (κ2) is 8.88. The maximum atomic E-state index is 12.7. The highest BCUT2D eigenvalue weighted by molar-refractivity contribution is 5.91. The van der Waals surface area contributed by atoms with Crippen molar-refractivity contribution in [1.82, 2.24) is 4.90 Å². The van der Waals surface area contributed by atoms with Crippen LogP contribution in [0.5, 0.6) is 5.75 Å². The van der Waals surface area contributed by atoms with E-state index in [9.17, 15) is 9.90 Å². The maximum Gasteiger partial charge on any atom is 0.321 e. The predicted molar refractivity (Wildman–Crippen MR) is 104 cm³/mol. The molecule has 1 aliphatic rings. The van der Waals surface area contributed by atoms with E-state index in [4.69, 9.17) is 9.47 Å². The van der Waals surface area contributed by atoms with Crippen LogP contribution in [-0.4, -0.2) is 49.5 Å². The van der Waals surface area contributed by atoms with E-state index in [1.165, 1.54) is 0 Å². The number of carbonyl (C=O) groups is 1. The molecule has 27 heavy (non-hydrogen) atoms. The fraction of sp³-hybridized carbons (Fsp3) is 0.381. The van der Waals surface area contributed by atoms with E-state index in [2.05, 4.69) is 5.32 Å². The molecule has 0 saturated carbocycles. The molecule has 1 aliphatic heterocycles. The second-order valence-electron chi connectivity index (χ2n) is 6.65. The Bertz CT molecular complexity index is 743. The lowest BCUT2D eigenvalue weighted by Crippen LogP contribution is -2.46. The molecule has 1 fully saturated rings. The zero-order valence-corrected chi connectivity index (χ0v) is 15.6. The van der Waals surface area contributed by atoms with Crippen molar-refractivity contribution in [3.63, 3.8) is 0 Å². The lowest BCUT2D eigenvalue weighted by atomic mass is 9.84. The highest BCUT2D eigenvalue weighted by Gasteiger charge is 2.35. The van der Waals surface area contributed by atoms with E-state index in [-0.39, 0.29) is 6.03 Å². The van der Waals surface area contributed by atoms with Crippen LogP contribution in [-0.2, 0) is 10.3 Å². The zero-order valence-electron chi connectivity index (χ0n) is 15.6. The van der Waals surface area contributed by atoms with Gasteiger partial charge in [-0.25, -0.2) is 4.79 Å². The van der Waals surface area contributed by atoms with Gasteiger partial charge in [-0.2, -0.15) is 0 Å². The highest BCUT2D eigenvalue weighted by atomic mass is 16.5. The van der Waals surface area contributed by atoms with Gasteiger partial charge in [0.05, 0.1) is 17.9 Å². The monoisotopic (exact) mass is 370 g/mol. The summed E-state index contributed by atoms with van der Waals surface area (Å²) in [7, 11) is 1.62. The Morgan fingerprint density at radius 3 is 2.44 bits per heavy atom. The third-order valence-corrected chi connectivity index (χ3v) is 4.86. The van der Waals surface area contributed by atoms with Gasteiger partial charge in [0.25, 0.3) is 0 Å². The van der Waals surface area contributed by atoms with Gasteiger partial charge in [0, 0.05) is 20.2 Å². The van der Waals surface area contributed by atoms with Crippen molar-refractivity contribution in [3.05, 3.63) is 60.2 Å². The van der Waals surface area contributed by atoms with Gasteiger partial charge in [-0.3, -0.25) is 0 Å². The number of anilines is 1. The van der Waals surface area contributed by atoms with Gasteiger partial charge in [-0.05, 0) is 30.5 Å². The lowest BCUT2D eigenvalue weighted by molar-refractivity contribution is -0.0157. The first-order valence-corrected chi connectivity index (χ1v) is 9.17. The largest absolute Gasteiger partial charge is 0.489 e. The highest BCUT2D eigenvalue weighted by Crippen LogP contribution is 2.33. The van der Waals surface area contributed by atoms with Crippen molar-refractivity contribution in [2.75, 3.05) is 38.7 Å². The number of likely N-dealkylation sites (tertiary alicyclic amines) is 1. The van der Waals surface area contributed by atoms with Crippen LogP contribution in [0.1, 0.15) is 18.4 Å². The standard InChI is InChI=1S/C21H26N2O4/c1-26-15-16-27-19-10-6-5-9-18(19)22-20(24)23-13-11-21(25,12-14-23)17-7-3-2-4-8-17/h2-10,25H,11-16H2,1H3,(H,22,24). The van der Waals surface area contributed by atoms with E-state index < -0.39 is 5.60 Å². The van der Waals surface area contributed by atoms with E-state index in [0.717, 1.165) is 5.56 Å². The summed E-state index contributed by atoms with van der Waals surface area (Å²) in [6, 6.07) is 16.8. The number of urea groups is 1. The van der Waals surface area contributed by atoms with Crippen LogP contribution in [0.3, 0.4) is 0 Å². The van der Waals surface area contributed by atoms with E-state index in [0.29, 0.717) is 50.6 Å². The molecule has 0 atom stereocenters. The molecule has 1 saturated heterocycles. The summed E-state index contributed by atoms with van der Waals surface area (Å²) in [6.07, 6.45) is 1.02. The molecule has 2 aromatic rings. The Morgan fingerprint density at radius 1 is 1.07 bits per heavy atom. The molecule has 0 aliphatic carbocycles. The number of aliphatic hydroxyl groups is 1. The van der Waals surface area contributed by atoms with Gasteiger partial charge in [0.2, 0.25) is 0 Å². The first-order chi connectivity index (χ1) is 13.1. The molecule has 3 rings (SSSR count). The van der Waals surface area contributed by atoms with Crippen molar-refractivity contribution in [2.45, 2.75) is 18.4 Å². The van der Waals surface area contributed by atoms with Gasteiger partial charge in [0.15, 0.2) is 0 Å². The molecule has 0 radical (unpaired) electrons. The summed E-state index contributed by atoms with van der Waals surface area (Å²) in [5.41, 5.74) is 0.656. The number of ether oxygens (including phenoxy) is 2. The fourth-order valence-electron chi connectivity index (χ4n) is 3.24. The van der Waals surface area contributed by atoms with Crippen LogP contribution in [0.25, 0.3) is 0 Å². The van der Waals surface area contributed by atoms with Crippen LogP contribution in [0.15, 0.2) is 54.6 Å². The summed E-state index contributed by atoms with van der Waals surface area (Å²) in [5.74, 6) is 0.612. The number of hydrogen-bond donors (Lipinski definition) is 2. The molecule has 0 spiro atoms. The number of hydrogen-bond acceptors (Lipinski definition) is 4. The number of benzene rings is 2. The van der Waals surface area contributed by atoms with Crippen molar-refractivity contribution in [3.8, 4) is 5.75 Å². The Morgan fingerprint density at radius 2 is 1.74 bits per heavy atom. The lowest BCUT2D eigenvalue weighted by Gasteiger charge is -2.38. The summed E-state index contributed by atoms with van der Waals surface area (Å²) in [4.78, 5) is 14.4. The number of nitrogens with one attached hydrogen (secondary N) is 1. The van der Waals surface area contributed by atoms with E-state index >= 15 is 0 Å². The summed E-state index contributed by atoms with van der Waals surface area (Å²) >= 11 is 0. The Kier molecular flexibility index (Phi) is 6.32. The first-order valence-electron chi connectivity index (χ1n) is 9.17. The van der Waals surface area contributed by atoms with Gasteiger partial charge >= 0.3 is 6.03 Å². The predicted octanol–water partition coefficient (Wildman–Crippen LogP) is 3.23. The number of para-hydroxylation sites is 2. The number of rotatable bonds is 6. The van der Waals surface area contributed by atoms with Crippen molar-refractivity contribution in [1.29, 1.82) is 0 Å². The molecular formula is C21H26N2O4. The van der Waals surface area contributed by atoms with E-state index in [1.807, 2.05) is 54.6 Å². The third-order valence-electron chi connectivity index (χ3n) is 4.86. The Balaban J connectivity index is 1.59. The molecule has 6 heteroatoms. The average molecular weight is 370 g/mol. The quantitative estimate of drug-likeness (QED) is 0.766. The number of carbonyl (C=O) groups excluding carboxylic acids is 1. The van der Waals surface area contributed by atoms with Crippen LogP contribution >= 0.6 is 0 Å². The van der Waals surface area contributed by atoms with Gasteiger partial charge in [0.1, 0.15) is 12.4 Å². The zero-order chi connectivity index (χ0) is 19.1. The molecular weight excluding hydrogens is 344 g/mol.